The van der Waals surface area contributed by atoms with Crippen LogP contribution in [0.5, 0.6) is 0 Å². The Bertz CT molecular complexity index is 892. The average Bonchev–Trinajstić information content (AvgIpc) is 3.14. The molecular formula is C28H45N5O5. The van der Waals surface area contributed by atoms with Crippen molar-refractivity contribution >= 4 is 23.6 Å². The highest BCUT2D eigenvalue weighted by Crippen LogP contribution is 2.31. The molecule has 0 aliphatic carbocycles. The van der Waals surface area contributed by atoms with Crippen LogP contribution in [0, 0.1) is 5.92 Å². The van der Waals surface area contributed by atoms with Gasteiger partial charge in [0.05, 0.1) is 19.1 Å². The molecule has 4 rings (SSSR count). The predicted molar refractivity (Wildman–Crippen MR) is 143 cm³/mol. The Morgan fingerprint density at radius 2 is 1.66 bits per heavy atom. The van der Waals surface area contributed by atoms with Crippen LogP contribution in [0.25, 0.3) is 0 Å². The molecule has 0 radical (unpaired) electrons. The van der Waals surface area contributed by atoms with Crippen molar-refractivity contribution in [2.24, 2.45) is 5.92 Å². The van der Waals surface area contributed by atoms with Crippen LogP contribution in [-0.4, -0.2) is 115 Å². The average molecular weight is 532 g/mol. The smallest absolute Gasteiger partial charge is 0.251 e. The van der Waals surface area contributed by atoms with Crippen LogP contribution in [0.1, 0.15) is 64.7 Å². The number of allylic oxidation sites excluding steroid dienone is 1. The van der Waals surface area contributed by atoms with Crippen molar-refractivity contribution in [3.63, 3.8) is 0 Å². The molecule has 4 amide bonds. The standard InChI is InChI=1S/C28H45N5O5/c1-22-24(28(37)32-10-4-2-3-5-11-32)20-23(21-25(34)29-9-15-30-16-18-38-19-17-30)27(36)33(22)14-7-13-31-12-6-8-26(31)35/h23H,2-21H2,1H3,(H,29,34). The van der Waals surface area contributed by atoms with Gasteiger partial charge in [-0.3, -0.25) is 24.1 Å². The molecule has 4 aliphatic rings. The van der Waals surface area contributed by atoms with Crippen LogP contribution in [0.2, 0.25) is 0 Å². The van der Waals surface area contributed by atoms with Crippen LogP contribution >= 0.6 is 0 Å². The van der Waals surface area contributed by atoms with Crippen LogP contribution in [0.3, 0.4) is 0 Å². The van der Waals surface area contributed by atoms with Gasteiger partial charge in [-0.1, -0.05) is 12.8 Å². The van der Waals surface area contributed by atoms with Crippen LogP contribution in [-0.2, 0) is 23.9 Å². The van der Waals surface area contributed by atoms with E-state index in [9.17, 15) is 19.2 Å². The number of nitrogens with one attached hydrogen (secondary N) is 1. The highest BCUT2D eigenvalue weighted by Gasteiger charge is 2.37. The van der Waals surface area contributed by atoms with E-state index in [0.29, 0.717) is 63.4 Å². The van der Waals surface area contributed by atoms with Gasteiger partial charge in [0, 0.05) is 83.0 Å². The maximum absolute atomic E-state index is 13.6. The van der Waals surface area contributed by atoms with Crippen molar-refractivity contribution in [3.8, 4) is 0 Å². The summed E-state index contributed by atoms with van der Waals surface area (Å²) in [6.45, 7) is 9.61. The number of amides is 4. The molecule has 0 aromatic carbocycles. The lowest BCUT2D eigenvalue weighted by molar-refractivity contribution is -0.138. The third-order valence-electron chi connectivity index (χ3n) is 8.33. The number of rotatable bonds is 10. The summed E-state index contributed by atoms with van der Waals surface area (Å²) in [7, 11) is 0. The molecule has 0 saturated carbocycles. The van der Waals surface area contributed by atoms with E-state index < -0.39 is 5.92 Å². The molecule has 212 valence electrons. The van der Waals surface area contributed by atoms with Gasteiger partial charge in [0.2, 0.25) is 17.7 Å². The number of hydrogen-bond acceptors (Lipinski definition) is 6. The van der Waals surface area contributed by atoms with E-state index in [1.165, 1.54) is 0 Å². The Kier molecular flexibility index (Phi) is 10.6. The summed E-state index contributed by atoms with van der Waals surface area (Å²) in [6.07, 6.45) is 6.78. The molecule has 0 bridgehead atoms. The SMILES string of the molecule is CC1=C(C(=O)N2CCCCCC2)CC(CC(=O)NCCN2CCOCC2)C(=O)N1CCCN1CCCC1=O. The number of morpholine rings is 1. The van der Waals surface area contributed by atoms with Crippen molar-refractivity contribution in [2.45, 2.75) is 64.7 Å². The van der Waals surface area contributed by atoms with E-state index in [1.54, 1.807) is 4.90 Å². The first-order valence-corrected chi connectivity index (χ1v) is 14.6. The molecule has 0 aromatic rings. The van der Waals surface area contributed by atoms with Crippen molar-refractivity contribution in [2.75, 3.05) is 72.1 Å². The van der Waals surface area contributed by atoms with Gasteiger partial charge in [0.15, 0.2) is 0 Å². The van der Waals surface area contributed by atoms with E-state index in [1.807, 2.05) is 16.7 Å². The summed E-state index contributed by atoms with van der Waals surface area (Å²) in [5.41, 5.74) is 1.37. The minimum absolute atomic E-state index is 0.00865. The van der Waals surface area contributed by atoms with Crippen LogP contribution in [0.15, 0.2) is 11.3 Å². The molecule has 4 aliphatic heterocycles. The van der Waals surface area contributed by atoms with E-state index in [4.69, 9.17) is 4.74 Å². The van der Waals surface area contributed by atoms with Gasteiger partial charge in [-0.15, -0.1) is 0 Å². The zero-order valence-corrected chi connectivity index (χ0v) is 23.0. The van der Waals surface area contributed by atoms with Gasteiger partial charge in [-0.2, -0.15) is 0 Å². The minimum Gasteiger partial charge on any atom is -0.379 e. The van der Waals surface area contributed by atoms with Crippen molar-refractivity contribution < 1.29 is 23.9 Å². The van der Waals surface area contributed by atoms with Crippen molar-refractivity contribution in [1.82, 2.24) is 24.9 Å². The molecule has 38 heavy (non-hydrogen) atoms. The zero-order chi connectivity index (χ0) is 26.9. The quantitative estimate of drug-likeness (QED) is 0.457. The molecule has 10 heteroatoms. The van der Waals surface area contributed by atoms with Gasteiger partial charge >= 0.3 is 0 Å². The monoisotopic (exact) mass is 531 g/mol. The summed E-state index contributed by atoms with van der Waals surface area (Å²) in [6, 6.07) is 0. The highest BCUT2D eigenvalue weighted by molar-refractivity contribution is 5.98. The first-order valence-electron chi connectivity index (χ1n) is 14.6. The van der Waals surface area contributed by atoms with Crippen molar-refractivity contribution in [1.29, 1.82) is 0 Å². The normalized spacial score (nSPS) is 23.7. The lowest BCUT2D eigenvalue weighted by Crippen LogP contribution is -2.46. The maximum atomic E-state index is 13.6. The predicted octanol–water partition coefficient (Wildman–Crippen LogP) is 1.36. The van der Waals surface area contributed by atoms with Gasteiger partial charge < -0.3 is 24.8 Å². The number of likely N-dealkylation sites (tertiary alicyclic amines) is 2. The largest absolute Gasteiger partial charge is 0.379 e. The molecule has 1 N–H and O–H groups in total. The number of carbonyl (C=O) groups is 4. The lowest BCUT2D eigenvalue weighted by atomic mass is 9.88. The molecule has 0 spiro atoms. The van der Waals surface area contributed by atoms with E-state index in [2.05, 4.69) is 10.2 Å². The Balaban J connectivity index is 1.40. The molecule has 10 nitrogen and oxygen atoms in total. The maximum Gasteiger partial charge on any atom is 0.251 e. The Hall–Kier alpha value is -2.46. The Morgan fingerprint density at radius 1 is 0.921 bits per heavy atom. The lowest BCUT2D eigenvalue weighted by Gasteiger charge is -2.36. The number of carbonyl (C=O) groups excluding carboxylic acids is 4. The second-order valence-electron chi connectivity index (χ2n) is 11.0. The van der Waals surface area contributed by atoms with Gasteiger partial charge in [-0.25, -0.2) is 0 Å². The summed E-state index contributed by atoms with van der Waals surface area (Å²) >= 11 is 0. The van der Waals surface area contributed by atoms with Gasteiger partial charge in [0.1, 0.15) is 0 Å². The number of ether oxygens (including phenoxy) is 1. The Labute approximate surface area is 226 Å². The van der Waals surface area contributed by atoms with Crippen LogP contribution < -0.4 is 5.32 Å². The fourth-order valence-corrected chi connectivity index (χ4v) is 6.01. The summed E-state index contributed by atoms with van der Waals surface area (Å²) in [4.78, 5) is 59.8. The highest BCUT2D eigenvalue weighted by atomic mass is 16.5. The van der Waals surface area contributed by atoms with E-state index >= 15 is 0 Å². The molecular weight excluding hydrogens is 486 g/mol. The molecule has 0 aromatic heterocycles. The van der Waals surface area contributed by atoms with Crippen molar-refractivity contribution in [3.05, 3.63) is 11.3 Å². The summed E-state index contributed by atoms with van der Waals surface area (Å²) < 4.78 is 5.37. The second kappa shape index (κ2) is 14.1. The van der Waals surface area contributed by atoms with E-state index in [0.717, 1.165) is 71.4 Å². The summed E-state index contributed by atoms with van der Waals surface area (Å²) in [5.74, 6) is -0.618. The number of nitrogens with zero attached hydrogens (tertiary/aromatic N) is 4. The number of hydrogen-bond donors (Lipinski definition) is 1. The topological polar surface area (TPSA) is 102 Å². The third-order valence-corrected chi connectivity index (χ3v) is 8.33. The Morgan fingerprint density at radius 3 is 2.34 bits per heavy atom. The first kappa shape index (κ1) is 28.5. The minimum atomic E-state index is -0.554. The molecule has 3 saturated heterocycles. The summed E-state index contributed by atoms with van der Waals surface area (Å²) in [5, 5.41) is 2.98. The van der Waals surface area contributed by atoms with Gasteiger partial charge in [0.25, 0.3) is 5.91 Å². The fraction of sp³-hybridized carbons (Fsp3) is 0.786. The first-order chi connectivity index (χ1) is 18.4. The van der Waals surface area contributed by atoms with E-state index in [-0.39, 0.29) is 30.0 Å². The zero-order valence-electron chi connectivity index (χ0n) is 23.0. The molecule has 1 atom stereocenters. The molecule has 1 unspecified atom stereocenters. The van der Waals surface area contributed by atoms with Crippen LogP contribution in [0.4, 0.5) is 0 Å². The fourth-order valence-electron chi connectivity index (χ4n) is 6.01. The molecule has 4 heterocycles. The second-order valence-corrected chi connectivity index (χ2v) is 11.0. The van der Waals surface area contributed by atoms with Gasteiger partial charge in [-0.05, 0) is 39.0 Å². The third kappa shape index (κ3) is 7.56. The molecule has 3 fully saturated rings.